The Labute approximate surface area is 274 Å². The van der Waals surface area contributed by atoms with Gasteiger partial charge in [0, 0.05) is 12.6 Å². The summed E-state index contributed by atoms with van der Waals surface area (Å²) < 4.78 is 62.6. The van der Waals surface area contributed by atoms with Crippen LogP contribution in [0.4, 0.5) is 28.0 Å². The molecule has 0 bridgehead atoms. The van der Waals surface area contributed by atoms with E-state index in [1.807, 2.05) is 6.07 Å². The molecular formula is C35H34F4N6O3. The van der Waals surface area contributed by atoms with Gasteiger partial charge in [0.15, 0.2) is 5.69 Å². The first-order valence-electron chi connectivity index (χ1n) is 15.3. The van der Waals surface area contributed by atoms with Crippen LogP contribution in [0.2, 0.25) is 0 Å². The van der Waals surface area contributed by atoms with Crippen molar-refractivity contribution < 1.29 is 31.9 Å². The number of alkyl carbamates (subject to hydrolysis) is 1. The van der Waals surface area contributed by atoms with Crippen LogP contribution in [0.5, 0.6) is 0 Å². The second kappa shape index (κ2) is 13.9. The van der Waals surface area contributed by atoms with Crippen LogP contribution in [-0.2, 0) is 17.5 Å². The van der Waals surface area contributed by atoms with Gasteiger partial charge >= 0.3 is 12.3 Å². The Kier molecular flexibility index (Phi) is 9.86. The normalized spacial score (nSPS) is 13.8. The van der Waals surface area contributed by atoms with Crippen LogP contribution in [0.25, 0.3) is 5.69 Å². The number of aromatic nitrogens is 2. The smallest absolute Gasteiger partial charge is 0.435 e. The second-order valence-corrected chi connectivity index (χ2v) is 12.6. The summed E-state index contributed by atoms with van der Waals surface area (Å²) in [7, 11) is 0. The third-order valence-electron chi connectivity index (χ3n) is 7.45. The minimum absolute atomic E-state index is 0.0110. The van der Waals surface area contributed by atoms with E-state index in [2.05, 4.69) is 27.1 Å². The Morgan fingerprint density at radius 2 is 1.75 bits per heavy atom. The van der Waals surface area contributed by atoms with Crippen molar-refractivity contribution in [2.75, 3.05) is 11.9 Å². The average molecular weight is 663 g/mol. The molecule has 1 fully saturated rings. The number of halogens is 4. The summed E-state index contributed by atoms with van der Waals surface area (Å²) in [6.45, 7) is 5.79. The lowest BCUT2D eigenvalue weighted by Gasteiger charge is -2.21. The highest BCUT2D eigenvalue weighted by Crippen LogP contribution is 2.33. The summed E-state index contributed by atoms with van der Waals surface area (Å²) in [4.78, 5) is 25.7. The van der Waals surface area contributed by atoms with Gasteiger partial charge in [-0.1, -0.05) is 30.3 Å². The first-order valence-corrected chi connectivity index (χ1v) is 15.3. The fourth-order valence-electron chi connectivity index (χ4n) is 4.99. The minimum atomic E-state index is -4.88. The fourth-order valence-corrected chi connectivity index (χ4v) is 4.99. The molecule has 13 heteroatoms. The predicted octanol–water partition coefficient (Wildman–Crippen LogP) is 7.27. The number of amides is 2. The van der Waals surface area contributed by atoms with Crippen LogP contribution in [-0.4, -0.2) is 33.9 Å². The standard InChI is InChI=1S/C35H34F4N6O3/c1-34(2,3)48-33(47)42-20-23-7-5-9-26(15-23)45-29(17-30(44-45)35(37,38)39)32(46)43-28-16-25(12-13-27(28)36)31(41-19-21-10-11-21)24-8-4-6-22(14-24)18-40/h4-9,12-17,21,31,41H,10-11,19-20H2,1-3H3,(H,42,47)(H,43,46)/t31-/m1/s1. The topological polar surface area (TPSA) is 121 Å². The molecule has 0 unspecified atom stereocenters. The molecule has 1 heterocycles. The van der Waals surface area contributed by atoms with E-state index < -0.39 is 47.0 Å². The van der Waals surface area contributed by atoms with Gasteiger partial charge in [-0.2, -0.15) is 23.5 Å². The maximum Gasteiger partial charge on any atom is 0.435 e. The van der Waals surface area contributed by atoms with Crippen molar-refractivity contribution in [2.24, 2.45) is 5.92 Å². The molecule has 1 aliphatic carbocycles. The van der Waals surface area contributed by atoms with Crippen molar-refractivity contribution in [1.29, 1.82) is 5.26 Å². The number of nitrogens with one attached hydrogen (secondary N) is 3. The van der Waals surface area contributed by atoms with Crippen molar-refractivity contribution in [3.63, 3.8) is 0 Å². The van der Waals surface area contributed by atoms with Gasteiger partial charge in [0.1, 0.15) is 17.1 Å². The number of alkyl halides is 3. The first-order chi connectivity index (χ1) is 22.7. The molecule has 1 atom stereocenters. The Morgan fingerprint density at radius 1 is 1.02 bits per heavy atom. The number of rotatable bonds is 10. The molecule has 1 aromatic heterocycles. The molecule has 1 saturated carbocycles. The Bertz CT molecular complexity index is 1850. The largest absolute Gasteiger partial charge is 0.444 e. The minimum Gasteiger partial charge on any atom is -0.444 e. The van der Waals surface area contributed by atoms with Gasteiger partial charge in [-0.15, -0.1) is 0 Å². The van der Waals surface area contributed by atoms with Crippen molar-refractivity contribution in [3.8, 4) is 11.8 Å². The summed E-state index contributed by atoms with van der Waals surface area (Å²) in [5.74, 6) is -1.32. The molecule has 0 saturated heterocycles. The number of carbonyl (C=O) groups is 2. The van der Waals surface area contributed by atoms with Gasteiger partial charge in [0.2, 0.25) is 0 Å². The summed E-state index contributed by atoms with van der Waals surface area (Å²) in [5.41, 5.74) is -0.399. The first kappa shape index (κ1) is 34.1. The van der Waals surface area contributed by atoms with Gasteiger partial charge in [-0.05, 0) is 99.2 Å². The van der Waals surface area contributed by atoms with E-state index in [9.17, 15) is 28.0 Å². The van der Waals surface area contributed by atoms with Crippen molar-refractivity contribution >= 4 is 17.7 Å². The van der Waals surface area contributed by atoms with Crippen molar-refractivity contribution in [2.45, 2.75) is 58.0 Å². The molecule has 0 spiro atoms. The summed E-state index contributed by atoms with van der Waals surface area (Å²) in [6, 6.07) is 19.5. The molecule has 4 aromatic rings. The van der Waals surface area contributed by atoms with E-state index in [0.717, 1.165) is 23.1 Å². The van der Waals surface area contributed by atoms with E-state index in [1.54, 1.807) is 51.1 Å². The third-order valence-corrected chi connectivity index (χ3v) is 7.45. The lowest BCUT2D eigenvalue weighted by molar-refractivity contribution is -0.141. The highest BCUT2D eigenvalue weighted by atomic mass is 19.4. The summed E-state index contributed by atoms with van der Waals surface area (Å²) in [6.07, 6.45) is -3.39. The number of carbonyl (C=O) groups excluding carboxylic acids is 2. The zero-order chi connectivity index (χ0) is 34.6. The molecule has 0 aliphatic heterocycles. The third kappa shape index (κ3) is 8.77. The van der Waals surface area contributed by atoms with E-state index in [0.29, 0.717) is 35.2 Å². The van der Waals surface area contributed by atoms with Gasteiger partial charge in [-0.25, -0.2) is 13.9 Å². The maximum absolute atomic E-state index is 15.2. The Morgan fingerprint density at radius 3 is 2.44 bits per heavy atom. The number of nitrogens with zero attached hydrogens (tertiary/aromatic N) is 3. The maximum atomic E-state index is 15.2. The molecule has 250 valence electrons. The van der Waals surface area contributed by atoms with E-state index in [4.69, 9.17) is 4.74 Å². The van der Waals surface area contributed by atoms with Crippen LogP contribution in [0.1, 0.15) is 78.1 Å². The second-order valence-electron chi connectivity index (χ2n) is 12.6. The van der Waals surface area contributed by atoms with Crippen LogP contribution >= 0.6 is 0 Å². The number of nitriles is 1. The average Bonchev–Trinajstić information content (AvgIpc) is 3.74. The van der Waals surface area contributed by atoms with Gasteiger partial charge in [-0.3, -0.25) is 4.79 Å². The highest BCUT2D eigenvalue weighted by Gasteiger charge is 2.36. The lowest BCUT2D eigenvalue weighted by atomic mass is 9.96. The molecule has 9 nitrogen and oxygen atoms in total. The fraction of sp³-hybridized carbons (Fsp3) is 0.314. The zero-order valence-corrected chi connectivity index (χ0v) is 26.5. The van der Waals surface area contributed by atoms with Crippen LogP contribution < -0.4 is 16.0 Å². The molecule has 48 heavy (non-hydrogen) atoms. The van der Waals surface area contributed by atoms with Crippen molar-refractivity contribution in [1.82, 2.24) is 20.4 Å². The highest BCUT2D eigenvalue weighted by molar-refractivity contribution is 6.03. The van der Waals surface area contributed by atoms with Crippen LogP contribution in [0.15, 0.2) is 72.8 Å². The lowest BCUT2D eigenvalue weighted by Crippen LogP contribution is -2.32. The predicted molar refractivity (Wildman–Crippen MR) is 170 cm³/mol. The zero-order valence-electron chi connectivity index (χ0n) is 26.5. The van der Waals surface area contributed by atoms with Gasteiger partial charge in [0.05, 0.1) is 29.0 Å². The van der Waals surface area contributed by atoms with E-state index in [1.165, 1.54) is 30.3 Å². The molecule has 0 radical (unpaired) electrons. The molecule has 5 rings (SSSR count). The monoisotopic (exact) mass is 662 g/mol. The number of ether oxygens (including phenoxy) is 1. The quantitative estimate of drug-likeness (QED) is 0.154. The number of benzene rings is 3. The molecular weight excluding hydrogens is 628 g/mol. The number of anilines is 1. The Balaban J connectivity index is 1.44. The van der Waals surface area contributed by atoms with Crippen LogP contribution in [0.3, 0.4) is 0 Å². The number of hydrogen-bond acceptors (Lipinski definition) is 6. The summed E-state index contributed by atoms with van der Waals surface area (Å²) in [5, 5.41) is 21.6. The molecule has 3 aromatic carbocycles. The van der Waals surface area contributed by atoms with E-state index in [-0.39, 0.29) is 17.9 Å². The number of hydrogen-bond donors (Lipinski definition) is 3. The Hall–Kier alpha value is -5.22. The molecule has 2 amide bonds. The van der Waals surface area contributed by atoms with Crippen molar-refractivity contribution in [3.05, 3.63) is 112 Å². The van der Waals surface area contributed by atoms with E-state index >= 15 is 4.39 Å². The molecule has 3 N–H and O–H groups in total. The van der Waals surface area contributed by atoms with Gasteiger partial charge < -0.3 is 20.7 Å². The summed E-state index contributed by atoms with van der Waals surface area (Å²) >= 11 is 0. The van der Waals surface area contributed by atoms with Crippen LogP contribution in [0, 0.1) is 23.1 Å². The SMILES string of the molecule is CC(C)(C)OC(=O)NCc1cccc(-n2nc(C(F)(F)F)cc2C(=O)Nc2cc([C@H](NCC3CC3)c3cccc(C#N)c3)ccc2F)c1. The molecule has 1 aliphatic rings. The van der Waals surface area contributed by atoms with Gasteiger partial charge in [0.25, 0.3) is 5.91 Å².